The summed E-state index contributed by atoms with van der Waals surface area (Å²) in [6, 6.07) is 14.0. The van der Waals surface area contributed by atoms with Crippen LogP contribution >= 0.6 is 0 Å². The van der Waals surface area contributed by atoms with Crippen LogP contribution in [0, 0.1) is 6.92 Å². The first kappa shape index (κ1) is 17.2. The van der Waals surface area contributed by atoms with Crippen molar-refractivity contribution in [3.63, 3.8) is 0 Å². The minimum Gasteiger partial charge on any atom is -0.454 e. The van der Waals surface area contributed by atoms with E-state index in [1.54, 1.807) is 0 Å². The highest BCUT2D eigenvalue weighted by atomic mass is 16.7. The number of rotatable bonds is 4. The zero-order chi connectivity index (χ0) is 18.9. The Kier molecular flexibility index (Phi) is 4.42. The van der Waals surface area contributed by atoms with E-state index in [0.29, 0.717) is 13.2 Å². The highest BCUT2D eigenvalue weighted by Gasteiger charge is 2.31. The number of nitrogens with zero attached hydrogens (tertiary/aromatic N) is 5. The molecule has 8 heteroatoms. The molecule has 0 saturated carbocycles. The average molecular weight is 379 g/mol. The molecule has 1 fully saturated rings. The fourth-order valence-electron chi connectivity index (χ4n) is 3.78. The van der Waals surface area contributed by atoms with Crippen molar-refractivity contribution in [3.05, 3.63) is 59.4 Å². The van der Waals surface area contributed by atoms with Gasteiger partial charge in [0.25, 0.3) is 0 Å². The van der Waals surface area contributed by atoms with Crippen LogP contribution in [0.4, 0.5) is 0 Å². The molecule has 0 spiro atoms. The zero-order valence-corrected chi connectivity index (χ0v) is 15.6. The molecular formula is C20H21N5O3. The topological polar surface area (TPSA) is 74.5 Å². The Morgan fingerprint density at radius 2 is 1.82 bits per heavy atom. The van der Waals surface area contributed by atoms with Crippen molar-refractivity contribution >= 4 is 0 Å². The van der Waals surface area contributed by atoms with E-state index < -0.39 is 0 Å². The second-order valence-electron chi connectivity index (χ2n) is 6.90. The number of hydrogen-bond acceptors (Lipinski definition) is 7. The molecule has 2 aliphatic heterocycles. The third-order valence-corrected chi connectivity index (χ3v) is 5.21. The van der Waals surface area contributed by atoms with Gasteiger partial charge in [0.05, 0.1) is 24.9 Å². The minimum atomic E-state index is -0.118. The SMILES string of the molecule is Cc1ccccc1-n1nnnc1[C@@H](c1ccc2c(c1)OCO2)N1CCOCC1. The molecular weight excluding hydrogens is 358 g/mol. The molecule has 0 unspecified atom stereocenters. The first-order chi connectivity index (χ1) is 13.8. The van der Waals surface area contributed by atoms with Crippen LogP contribution in [0.15, 0.2) is 42.5 Å². The molecule has 0 bridgehead atoms. The Labute approximate surface area is 162 Å². The molecule has 0 amide bonds. The smallest absolute Gasteiger partial charge is 0.231 e. The predicted octanol–water partition coefficient (Wildman–Crippen LogP) is 2.12. The average Bonchev–Trinajstić information content (AvgIpc) is 3.39. The molecule has 28 heavy (non-hydrogen) atoms. The molecule has 8 nitrogen and oxygen atoms in total. The largest absolute Gasteiger partial charge is 0.454 e. The van der Waals surface area contributed by atoms with Gasteiger partial charge in [-0.2, -0.15) is 4.68 Å². The summed E-state index contributed by atoms with van der Waals surface area (Å²) < 4.78 is 18.5. The second-order valence-corrected chi connectivity index (χ2v) is 6.90. The van der Waals surface area contributed by atoms with Crippen LogP contribution in [0.5, 0.6) is 11.5 Å². The zero-order valence-electron chi connectivity index (χ0n) is 15.6. The predicted molar refractivity (Wildman–Crippen MR) is 101 cm³/mol. The van der Waals surface area contributed by atoms with Gasteiger partial charge in [0, 0.05) is 13.1 Å². The maximum Gasteiger partial charge on any atom is 0.231 e. The van der Waals surface area contributed by atoms with Crippen LogP contribution in [-0.2, 0) is 4.74 Å². The van der Waals surface area contributed by atoms with E-state index >= 15 is 0 Å². The molecule has 2 aliphatic rings. The number of ether oxygens (including phenoxy) is 3. The van der Waals surface area contributed by atoms with Crippen molar-refractivity contribution in [2.24, 2.45) is 0 Å². The van der Waals surface area contributed by atoms with Crippen LogP contribution < -0.4 is 9.47 Å². The molecule has 1 aromatic heterocycles. The summed E-state index contributed by atoms with van der Waals surface area (Å²) in [6.07, 6.45) is 0. The summed E-state index contributed by atoms with van der Waals surface area (Å²) in [6.45, 7) is 5.30. The van der Waals surface area contributed by atoms with E-state index in [1.165, 1.54) is 0 Å². The molecule has 2 aromatic carbocycles. The van der Waals surface area contributed by atoms with E-state index in [-0.39, 0.29) is 12.8 Å². The molecule has 3 aromatic rings. The van der Waals surface area contributed by atoms with Gasteiger partial charge in [-0.3, -0.25) is 4.90 Å². The summed E-state index contributed by atoms with van der Waals surface area (Å²) in [5, 5.41) is 12.7. The van der Waals surface area contributed by atoms with Gasteiger partial charge >= 0.3 is 0 Å². The lowest BCUT2D eigenvalue weighted by Gasteiger charge is -2.34. The highest BCUT2D eigenvalue weighted by molar-refractivity contribution is 5.47. The van der Waals surface area contributed by atoms with Gasteiger partial charge in [-0.1, -0.05) is 24.3 Å². The van der Waals surface area contributed by atoms with Gasteiger partial charge in [-0.15, -0.1) is 5.10 Å². The Hall–Kier alpha value is -2.97. The molecule has 1 saturated heterocycles. The number of aromatic nitrogens is 4. The van der Waals surface area contributed by atoms with Crippen molar-refractivity contribution in [1.82, 2.24) is 25.1 Å². The van der Waals surface area contributed by atoms with Crippen molar-refractivity contribution in [3.8, 4) is 17.2 Å². The summed E-state index contributed by atoms with van der Waals surface area (Å²) in [5.41, 5.74) is 3.15. The summed E-state index contributed by atoms with van der Waals surface area (Å²) in [7, 11) is 0. The van der Waals surface area contributed by atoms with Crippen molar-refractivity contribution in [2.45, 2.75) is 13.0 Å². The maximum atomic E-state index is 5.60. The fraction of sp³-hybridized carbons (Fsp3) is 0.350. The lowest BCUT2D eigenvalue weighted by molar-refractivity contribution is 0.0220. The highest BCUT2D eigenvalue weighted by Crippen LogP contribution is 2.37. The Balaban J connectivity index is 1.62. The van der Waals surface area contributed by atoms with Crippen molar-refractivity contribution in [1.29, 1.82) is 0 Å². The third-order valence-electron chi connectivity index (χ3n) is 5.21. The molecule has 0 aliphatic carbocycles. The van der Waals surface area contributed by atoms with Crippen LogP contribution in [0.2, 0.25) is 0 Å². The summed E-state index contributed by atoms with van der Waals surface area (Å²) >= 11 is 0. The van der Waals surface area contributed by atoms with Gasteiger partial charge in [0.2, 0.25) is 6.79 Å². The Morgan fingerprint density at radius 3 is 2.68 bits per heavy atom. The monoisotopic (exact) mass is 379 g/mol. The number of para-hydroxylation sites is 1. The van der Waals surface area contributed by atoms with Crippen LogP contribution in [-0.4, -0.2) is 58.2 Å². The molecule has 144 valence electrons. The second kappa shape index (κ2) is 7.21. The first-order valence-corrected chi connectivity index (χ1v) is 9.37. The number of fused-ring (bicyclic) bond motifs is 1. The minimum absolute atomic E-state index is 0.118. The number of benzene rings is 2. The van der Waals surface area contributed by atoms with Crippen molar-refractivity contribution in [2.75, 3.05) is 33.1 Å². The van der Waals surface area contributed by atoms with Gasteiger partial charge in [-0.05, 0) is 46.7 Å². The summed E-state index contributed by atoms with van der Waals surface area (Å²) in [5.74, 6) is 2.30. The first-order valence-electron chi connectivity index (χ1n) is 9.37. The van der Waals surface area contributed by atoms with E-state index in [9.17, 15) is 0 Å². The van der Waals surface area contributed by atoms with E-state index in [4.69, 9.17) is 14.2 Å². The van der Waals surface area contributed by atoms with Crippen molar-refractivity contribution < 1.29 is 14.2 Å². The molecule has 0 radical (unpaired) electrons. The third kappa shape index (κ3) is 3.00. The van der Waals surface area contributed by atoms with Crippen LogP contribution in [0.3, 0.4) is 0 Å². The molecule has 0 N–H and O–H groups in total. The summed E-state index contributed by atoms with van der Waals surface area (Å²) in [4.78, 5) is 2.35. The Bertz CT molecular complexity index is 983. The molecule has 3 heterocycles. The lowest BCUT2D eigenvalue weighted by atomic mass is 10.0. The van der Waals surface area contributed by atoms with Gasteiger partial charge in [0.15, 0.2) is 17.3 Å². The van der Waals surface area contributed by atoms with Gasteiger partial charge in [0.1, 0.15) is 0 Å². The van der Waals surface area contributed by atoms with E-state index in [1.807, 2.05) is 35.0 Å². The quantitative estimate of drug-likeness (QED) is 0.687. The Morgan fingerprint density at radius 1 is 1.00 bits per heavy atom. The van der Waals surface area contributed by atoms with E-state index in [2.05, 4.69) is 39.5 Å². The molecule has 5 rings (SSSR count). The number of tetrazole rings is 1. The van der Waals surface area contributed by atoms with Gasteiger partial charge in [-0.25, -0.2) is 0 Å². The standard InChI is InChI=1S/C20H21N5O3/c1-14-4-2-3-5-16(14)25-20(21-22-23-25)19(24-8-10-26-11-9-24)15-6-7-17-18(12-15)28-13-27-17/h2-7,12,19H,8-11,13H2,1H3/t19-/m1/s1. The maximum absolute atomic E-state index is 5.60. The number of hydrogen-bond donors (Lipinski definition) is 0. The normalized spacial score (nSPS) is 17.6. The van der Waals surface area contributed by atoms with E-state index in [0.717, 1.165) is 47.2 Å². The lowest BCUT2D eigenvalue weighted by Crippen LogP contribution is -2.40. The van der Waals surface area contributed by atoms with Crippen LogP contribution in [0.25, 0.3) is 5.69 Å². The molecule has 1 atom stereocenters. The van der Waals surface area contributed by atoms with Crippen LogP contribution in [0.1, 0.15) is 23.0 Å². The number of aryl methyl sites for hydroxylation is 1. The number of morpholine rings is 1. The van der Waals surface area contributed by atoms with Gasteiger partial charge < -0.3 is 14.2 Å². The fourth-order valence-corrected chi connectivity index (χ4v) is 3.78.